The molecule has 0 unspecified atom stereocenters. The zero-order valence-electron chi connectivity index (χ0n) is 12.4. The van der Waals surface area contributed by atoms with Gasteiger partial charge in [-0.3, -0.25) is 4.79 Å². The predicted octanol–water partition coefficient (Wildman–Crippen LogP) is 3.67. The van der Waals surface area contributed by atoms with E-state index in [1.54, 1.807) is 36.6 Å². The first kappa shape index (κ1) is 14.5. The molecule has 0 radical (unpaired) electrons. The van der Waals surface area contributed by atoms with Gasteiger partial charge < -0.3 is 10.2 Å². The zero-order valence-corrected chi connectivity index (χ0v) is 12.4. The molecular formula is C18H13N3O2. The van der Waals surface area contributed by atoms with Crippen LogP contribution in [0.5, 0.6) is 0 Å². The highest BCUT2D eigenvalue weighted by Crippen LogP contribution is 2.33. The van der Waals surface area contributed by atoms with Crippen LogP contribution in [0.15, 0.2) is 53.1 Å². The van der Waals surface area contributed by atoms with Gasteiger partial charge in [-0.05, 0) is 30.7 Å². The summed E-state index contributed by atoms with van der Waals surface area (Å²) in [6.45, 7) is 1.52. The predicted molar refractivity (Wildman–Crippen MR) is 86.5 cm³/mol. The number of carbonyl (C=O) groups is 1. The van der Waals surface area contributed by atoms with Crippen LogP contribution >= 0.6 is 0 Å². The summed E-state index contributed by atoms with van der Waals surface area (Å²) < 4.78 is 5.42. The molecule has 0 amide bonds. The normalized spacial score (nSPS) is 10.3. The van der Waals surface area contributed by atoms with E-state index in [2.05, 4.69) is 4.98 Å². The smallest absolute Gasteiger partial charge is 0.159 e. The highest BCUT2D eigenvalue weighted by Gasteiger charge is 2.15. The number of nitrogens with two attached hydrogens (primary N) is 1. The summed E-state index contributed by atoms with van der Waals surface area (Å²) in [4.78, 5) is 15.7. The average molecular weight is 303 g/mol. The Morgan fingerprint density at radius 2 is 2.00 bits per heavy atom. The molecule has 0 aliphatic carbocycles. The van der Waals surface area contributed by atoms with Crippen molar-refractivity contribution in [2.75, 3.05) is 5.73 Å². The Labute approximate surface area is 133 Å². The average Bonchev–Trinajstić information content (AvgIpc) is 3.09. The van der Waals surface area contributed by atoms with E-state index in [4.69, 9.17) is 10.2 Å². The largest absolute Gasteiger partial charge is 0.463 e. The number of nitrogen functional groups attached to an aromatic ring is 1. The Morgan fingerprint density at radius 1 is 1.26 bits per heavy atom. The van der Waals surface area contributed by atoms with Crippen LogP contribution in [0.3, 0.4) is 0 Å². The van der Waals surface area contributed by atoms with Crippen molar-refractivity contribution in [3.8, 4) is 28.7 Å². The van der Waals surface area contributed by atoms with Gasteiger partial charge >= 0.3 is 0 Å². The van der Waals surface area contributed by atoms with E-state index in [0.29, 0.717) is 22.6 Å². The van der Waals surface area contributed by atoms with Gasteiger partial charge in [0, 0.05) is 11.1 Å². The lowest BCUT2D eigenvalue weighted by atomic mass is 9.99. The monoisotopic (exact) mass is 303 g/mol. The molecule has 0 spiro atoms. The maximum atomic E-state index is 11.4. The summed E-state index contributed by atoms with van der Waals surface area (Å²) in [5.41, 5.74) is 8.85. The third-order valence-corrected chi connectivity index (χ3v) is 3.53. The number of hydrogen-bond acceptors (Lipinski definition) is 5. The summed E-state index contributed by atoms with van der Waals surface area (Å²) in [5.74, 6) is 0.714. The minimum Gasteiger partial charge on any atom is -0.463 e. The van der Waals surface area contributed by atoms with Gasteiger partial charge in [0.15, 0.2) is 11.5 Å². The first-order valence-electron chi connectivity index (χ1n) is 6.96. The fourth-order valence-electron chi connectivity index (χ4n) is 2.32. The van der Waals surface area contributed by atoms with Crippen molar-refractivity contribution >= 4 is 11.6 Å². The number of Topliss-reactive ketones (excluding diaryl/α,β-unsaturated/α-hetero) is 1. The number of furan rings is 1. The quantitative estimate of drug-likeness (QED) is 0.745. The van der Waals surface area contributed by atoms with Gasteiger partial charge in [0.2, 0.25) is 0 Å². The molecule has 0 saturated carbocycles. The SMILES string of the molecule is CC(=O)c1ccc(-c2cc(C#N)c(N)nc2-c2ccco2)cc1. The van der Waals surface area contributed by atoms with E-state index in [1.165, 1.54) is 6.92 Å². The van der Waals surface area contributed by atoms with Crippen molar-refractivity contribution in [2.24, 2.45) is 0 Å². The van der Waals surface area contributed by atoms with Crippen LogP contribution in [-0.4, -0.2) is 10.8 Å². The number of nitrogens with zero attached hydrogens (tertiary/aromatic N) is 2. The van der Waals surface area contributed by atoms with Crippen LogP contribution in [0.4, 0.5) is 5.82 Å². The number of ketones is 1. The number of pyridine rings is 1. The maximum absolute atomic E-state index is 11.4. The van der Waals surface area contributed by atoms with Gasteiger partial charge in [0.25, 0.3) is 0 Å². The number of nitriles is 1. The van der Waals surface area contributed by atoms with Crippen molar-refractivity contribution in [3.63, 3.8) is 0 Å². The van der Waals surface area contributed by atoms with E-state index in [-0.39, 0.29) is 11.6 Å². The molecule has 3 rings (SSSR count). The second-order valence-electron chi connectivity index (χ2n) is 5.04. The highest BCUT2D eigenvalue weighted by molar-refractivity contribution is 5.94. The van der Waals surface area contributed by atoms with Gasteiger partial charge in [-0.2, -0.15) is 5.26 Å². The van der Waals surface area contributed by atoms with Crippen LogP contribution in [0.25, 0.3) is 22.6 Å². The summed E-state index contributed by atoms with van der Waals surface area (Å²) in [5, 5.41) is 9.19. The number of hydrogen-bond donors (Lipinski definition) is 1. The first-order valence-corrected chi connectivity index (χ1v) is 6.96. The van der Waals surface area contributed by atoms with Crippen molar-refractivity contribution in [2.45, 2.75) is 6.92 Å². The van der Waals surface area contributed by atoms with Gasteiger partial charge in [-0.1, -0.05) is 24.3 Å². The second-order valence-corrected chi connectivity index (χ2v) is 5.04. The van der Waals surface area contributed by atoms with Gasteiger partial charge in [-0.15, -0.1) is 0 Å². The lowest BCUT2D eigenvalue weighted by molar-refractivity contribution is 0.101. The minimum atomic E-state index is -0.00375. The Morgan fingerprint density at radius 3 is 2.57 bits per heavy atom. The molecule has 0 fully saturated rings. The van der Waals surface area contributed by atoms with Crippen LogP contribution < -0.4 is 5.73 Å². The molecule has 0 aliphatic rings. The van der Waals surface area contributed by atoms with Gasteiger partial charge in [-0.25, -0.2) is 4.98 Å². The van der Waals surface area contributed by atoms with Crippen molar-refractivity contribution in [3.05, 3.63) is 59.9 Å². The van der Waals surface area contributed by atoms with Crippen LogP contribution in [-0.2, 0) is 0 Å². The lowest BCUT2D eigenvalue weighted by Gasteiger charge is -2.10. The second kappa shape index (κ2) is 5.78. The van der Waals surface area contributed by atoms with Gasteiger partial charge in [0.05, 0.1) is 11.8 Å². The maximum Gasteiger partial charge on any atom is 0.159 e. The molecule has 0 atom stereocenters. The molecule has 112 valence electrons. The Kier molecular flexibility index (Phi) is 3.65. The molecule has 5 heteroatoms. The zero-order chi connectivity index (χ0) is 16.4. The summed E-state index contributed by atoms with van der Waals surface area (Å²) >= 11 is 0. The summed E-state index contributed by atoms with van der Waals surface area (Å²) in [6, 6.07) is 14.4. The fourth-order valence-corrected chi connectivity index (χ4v) is 2.32. The third kappa shape index (κ3) is 2.70. The van der Waals surface area contributed by atoms with Gasteiger partial charge in [0.1, 0.15) is 17.6 Å². The van der Waals surface area contributed by atoms with E-state index < -0.39 is 0 Å². The molecule has 2 N–H and O–H groups in total. The summed E-state index contributed by atoms with van der Waals surface area (Å²) in [7, 11) is 0. The molecule has 3 aromatic rings. The van der Waals surface area contributed by atoms with Crippen molar-refractivity contribution < 1.29 is 9.21 Å². The Hall–Kier alpha value is -3.39. The van der Waals surface area contributed by atoms with Crippen LogP contribution in [0, 0.1) is 11.3 Å². The van der Waals surface area contributed by atoms with Crippen LogP contribution in [0.1, 0.15) is 22.8 Å². The molecule has 0 aliphatic heterocycles. The number of benzene rings is 1. The highest BCUT2D eigenvalue weighted by atomic mass is 16.3. The Bertz CT molecular complexity index is 905. The topological polar surface area (TPSA) is 92.9 Å². The van der Waals surface area contributed by atoms with E-state index in [9.17, 15) is 10.1 Å². The molecule has 0 bridgehead atoms. The standard InChI is InChI=1S/C18H13N3O2/c1-11(22)12-4-6-13(7-5-12)15-9-14(10-19)18(20)21-17(15)16-3-2-8-23-16/h2-9H,1H3,(H2,20,21). The third-order valence-electron chi connectivity index (χ3n) is 3.53. The molecule has 2 aromatic heterocycles. The molecule has 2 heterocycles. The number of rotatable bonds is 3. The molecule has 23 heavy (non-hydrogen) atoms. The minimum absolute atomic E-state index is 0.00375. The molecule has 5 nitrogen and oxygen atoms in total. The molecule has 0 saturated heterocycles. The number of carbonyl (C=O) groups excluding carboxylic acids is 1. The van der Waals surface area contributed by atoms with Crippen molar-refractivity contribution in [1.82, 2.24) is 4.98 Å². The Balaban J connectivity index is 2.20. The lowest BCUT2D eigenvalue weighted by Crippen LogP contribution is -1.99. The van der Waals surface area contributed by atoms with E-state index in [1.807, 2.05) is 18.2 Å². The summed E-state index contributed by atoms with van der Waals surface area (Å²) in [6.07, 6.45) is 1.55. The fraction of sp³-hybridized carbons (Fsp3) is 0.0556. The van der Waals surface area contributed by atoms with E-state index in [0.717, 1.165) is 11.1 Å². The van der Waals surface area contributed by atoms with Crippen LogP contribution in [0.2, 0.25) is 0 Å². The van der Waals surface area contributed by atoms with Crippen molar-refractivity contribution in [1.29, 1.82) is 5.26 Å². The first-order chi connectivity index (χ1) is 11.1. The molecular weight excluding hydrogens is 290 g/mol. The number of aromatic nitrogens is 1. The number of anilines is 1. The van der Waals surface area contributed by atoms with E-state index >= 15 is 0 Å². The molecule has 1 aromatic carbocycles.